The lowest BCUT2D eigenvalue weighted by Gasteiger charge is -2.18. The fraction of sp³-hybridized carbons (Fsp3) is 0.316. The van der Waals surface area contributed by atoms with Gasteiger partial charge in [-0.25, -0.2) is 8.42 Å². The maximum atomic E-state index is 12.2. The molecule has 0 aliphatic carbocycles. The van der Waals surface area contributed by atoms with E-state index in [2.05, 4.69) is 5.32 Å². The van der Waals surface area contributed by atoms with Crippen LogP contribution in [0, 0.1) is 6.92 Å². The van der Waals surface area contributed by atoms with E-state index in [1.54, 1.807) is 31.2 Å². The first-order valence-corrected chi connectivity index (χ1v) is 10.1. The van der Waals surface area contributed by atoms with Gasteiger partial charge in [0.15, 0.2) is 6.10 Å². The highest BCUT2D eigenvalue weighted by Crippen LogP contribution is 2.21. The van der Waals surface area contributed by atoms with Gasteiger partial charge in [-0.15, -0.1) is 0 Å². The van der Waals surface area contributed by atoms with Gasteiger partial charge in [0.2, 0.25) is 10.0 Å². The molecule has 2 aromatic rings. The zero-order valence-electron chi connectivity index (χ0n) is 15.4. The third-order valence-corrected chi connectivity index (χ3v) is 5.30. The van der Waals surface area contributed by atoms with Crippen molar-refractivity contribution in [2.75, 3.05) is 17.6 Å². The molecule has 0 saturated carbocycles. The number of rotatable bonds is 7. The minimum atomic E-state index is -3.31. The van der Waals surface area contributed by atoms with E-state index in [-0.39, 0.29) is 5.91 Å². The van der Waals surface area contributed by atoms with Crippen molar-refractivity contribution in [1.29, 1.82) is 0 Å². The quantitative estimate of drug-likeness (QED) is 0.805. The molecule has 0 aliphatic rings. The minimum absolute atomic E-state index is 0.217. The molecule has 0 saturated heterocycles. The third kappa shape index (κ3) is 5.23. The smallest absolute Gasteiger partial charge is 0.261 e. The highest BCUT2D eigenvalue weighted by Gasteiger charge is 2.16. The van der Waals surface area contributed by atoms with Gasteiger partial charge in [-0.1, -0.05) is 24.3 Å². The molecule has 26 heavy (non-hydrogen) atoms. The van der Waals surface area contributed by atoms with E-state index >= 15 is 0 Å². The second kappa shape index (κ2) is 8.23. The summed E-state index contributed by atoms with van der Waals surface area (Å²) in [4.78, 5) is 12.2. The highest BCUT2D eigenvalue weighted by atomic mass is 32.2. The summed E-state index contributed by atoms with van der Waals surface area (Å²) in [6, 6.07) is 14.4. The number of hydrogen-bond donors (Lipinski definition) is 1. The average Bonchev–Trinajstić information content (AvgIpc) is 2.60. The van der Waals surface area contributed by atoms with Crippen LogP contribution in [0.5, 0.6) is 5.75 Å². The van der Waals surface area contributed by atoms with Crippen molar-refractivity contribution in [3.8, 4) is 5.75 Å². The Balaban J connectivity index is 1.93. The van der Waals surface area contributed by atoms with Crippen molar-refractivity contribution in [2.45, 2.75) is 26.5 Å². The average molecular weight is 376 g/mol. The Labute approximate surface area is 154 Å². The number of carbonyl (C=O) groups is 1. The van der Waals surface area contributed by atoms with E-state index in [9.17, 15) is 13.2 Å². The van der Waals surface area contributed by atoms with Crippen molar-refractivity contribution in [3.63, 3.8) is 0 Å². The molecule has 0 unspecified atom stereocenters. The first-order valence-electron chi connectivity index (χ1n) is 8.21. The number of sulfonamides is 1. The van der Waals surface area contributed by atoms with E-state index in [4.69, 9.17) is 4.74 Å². The predicted molar refractivity (Wildman–Crippen MR) is 103 cm³/mol. The Morgan fingerprint density at radius 2 is 1.77 bits per heavy atom. The van der Waals surface area contributed by atoms with Gasteiger partial charge in [-0.2, -0.15) is 0 Å². The van der Waals surface area contributed by atoms with E-state index in [1.807, 2.05) is 31.2 Å². The summed E-state index contributed by atoms with van der Waals surface area (Å²) >= 11 is 0. The first kappa shape index (κ1) is 19.8. The van der Waals surface area contributed by atoms with Crippen molar-refractivity contribution in [1.82, 2.24) is 5.32 Å². The molecular weight excluding hydrogens is 352 g/mol. The van der Waals surface area contributed by atoms with Crippen LogP contribution in [-0.4, -0.2) is 33.7 Å². The van der Waals surface area contributed by atoms with E-state index in [1.165, 1.54) is 11.4 Å². The topological polar surface area (TPSA) is 75.7 Å². The number of aryl methyl sites for hydroxylation is 1. The zero-order valence-corrected chi connectivity index (χ0v) is 16.2. The molecule has 140 valence electrons. The van der Waals surface area contributed by atoms with E-state index < -0.39 is 16.1 Å². The number of amides is 1. The van der Waals surface area contributed by atoms with Crippen molar-refractivity contribution >= 4 is 21.6 Å². The Hall–Kier alpha value is -2.54. The van der Waals surface area contributed by atoms with Crippen LogP contribution in [0.15, 0.2) is 48.5 Å². The Morgan fingerprint density at radius 3 is 2.35 bits per heavy atom. The number of anilines is 1. The van der Waals surface area contributed by atoms with Gasteiger partial charge in [-0.05, 0) is 49.2 Å². The minimum Gasteiger partial charge on any atom is -0.481 e. The second-order valence-corrected chi connectivity index (χ2v) is 8.14. The van der Waals surface area contributed by atoms with Gasteiger partial charge in [0, 0.05) is 13.6 Å². The number of nitrogens with zero attached hydrogens (tertiary/aromatic N) is 1. The molecule has 0 spiro atoms. The van der Waals surface area contributed by atoms with Gasteiger partial charge >= 0.3 is 0 Å². The maximum Gasteiger partial charge on any atom is 0.261 e. The largest absolute Gasteiger partial charge is 0.481 e. The van der Waals surface area contributed by atoms with Gasteiger partial charge in [0.1, 0.15) is 5.75 Å². The lowest BCUT2D eigenvalue weighted by molar-refractivity contribution is -0.127. The van der Waals surface area contributed by atoms with Gasteiger partial charge in [0.25, 0.3) is 5.91 Å². The molecule has 1 amide bonds. The SMILES string of the molecule is Cc1ccccc1CNC(=O)[C@H](C)Oc1ccc(N(C)S(C)(=O)=O)cc1. The van der Waals surface area contributed by atoms with Crippen LogP contribution in [0.3, 0.4) is 0 Å². The Kier molecular flexibility index (Phi) is 6.26. The van der Waals surface area contributed by atoms with Crippen LogP contribution in [-0.2, 0) is 21.4 Å². The van der Waals surface area contributed by atoms with Crippen LogP contribution >= 0.6 is 0 Å². The fourth-order valence-electron chi connectivity index (χ4n) is 2.32. The molecule has 2 rings (SSSR count). The Bertz CT molecular complexity index is 863. The van der Waals surface area contributed by atoms with Crippen molar-refractivity contribution < 1.29 is 17.9 Å². The molecule has 7 heteroatoms. The summed E-state index contributed by atoms with van der Waals surface area (Å²) in [5.41, 5.74) is 2.70. The molecule has 0 bridgehead atoms. The maximum absolute atomic E-state index is 12.2. The number of hydrogen-bond acceptors (Lipinski definition) is 4. The summed E-state index contributed by atoms with van der Waals surface area (Å²) in [5.74, 6) is 0.278. The van der Waals surface area contributed by atoms with Crippen LogP contribution in [0.2, 0.25) is 0 Å². The zero-order chi connectivity index (χ0) is 19.3. The summed E-state index contributed by atoms with van der Waals surface area (Å²) in [6.45, 7) is 4.11. The van der Waals surface area contributed by atoms with Crippen LogP contribution in [0.1, 0.15) is 18.1 Å². The summed E-state index contributed by atoms with van der Waals surface area (Å²) < 4.78 is 29.9. The van der Waals surface area contributed by atoms with Crippen LogP contribution < -0.4 is 14.4 Å². The monoisotopic (exact) mass is 376 g/mol. The third-order valence-electron chi connectivity index (χ3n) is 4.09. The van der Waals surface area contributed by atoms with Gasteiger partial charge < -0.3 is 10.1 Å². The van der Waals surface area contributed by atoms with E-state index in [0.717, 1.165) is 17.4 Å². The fourth-order valence-corrected chi connectivity index (χ4v) is 2.82. The first-order chi connectivity index (χ1) is 12.2. The summed E-state index contributed by atoms with van der Waals surface area (Å²) in [6.07, 6.45) is 0.468. The van der Waals surface area contributed by atoms with Gasteiger partial charge in [-0.3, -0.25) is 9.10 Å². The summed E-state index contributed by atoms with van der Waals surface area (Å²) in [5, 5.41) is 2.86. The van der Waals surface area contributed by atoms with E-state index in [0.29, 0.717) is 18.0 Å². The lowest BCUT2D eigenvalue weighted by atomic mass is 10.1. The molecule has 1 N–H and O–H groups in total. The number of nitrogens with one attached hydrogen (secondary N) is 1. The molecule has 0 heterocycles. The number of ether oxygens (including phenoxy) is 1. The van der Waals surface area contributed by atoms with Crippen LogP contribution in [0.4, 0.5) is 5.69 Å². The number of benzene rings is 2. The molecule has 0 aromatic heterocycles. The second-order valence-electron chi connectivity index (χ2n) is 6.13. The predicted octanol–water partition coefficient (Wildman–Crippen LogP) is 2.47. The van der Waals surface area contributed by atoms with Crippen LogP contribution in [0.25, 0.3) is 0 Å². The summed E-state index contributed by atoms with van der Waals surface area (Å²) in [7, 11) is -1.84. The van der Waals surface area contributed by atoms with Gasteiger partial charge in [0.05, 0.1) is 11.9 Å². The molecule has 6 nitrogen and oxygen atoms in total. The lowest BCUT2D eigenvalue weighted by Crippen LogP contribution is -2.36. The van der Waals surface area contributed by atoms with Crippen molar-refractivity contribution in [2.24, 2.45) is 0 Å². The normalized spacial score (nSPS) is 12.3. The molecule has 1 atom stereocenters. The highest BCUT2D eigenvalue weighted by molar-refractivity contribution is 7.92. The molecule has 0 fully saturated rings. The molecular formula is C19H24N2O4S. The molecule has 2 aromatic carbocycles. The Morgan fingerprint density at radius 1 is 1.15 bits per heavy atom. The molecule has 0 aliphatic heterocycles. The van der Waals surface area contributed by atoms with Crippen molar-refractivity contribution in [3.05, 3.63) is 59.7 Å². The number of carbonyl (C=O) groups excluding carboxylic acids is 1. The molecule has 0 radical (unpaired) electrons. The standard InChI is InChI=1S/C19H24N2O4S/c1-14-7-5-6-8-16(14)13-20-19(22)15(2)25-18-11-9-17(10-12-18)21(3)26(4,23)24/h5-12,15H,13H2,1-4H3,(H,20,22)/t15-/m0/s1.